The molecular formula is C29H26N4O2. The van der Waals surface area contributed by atoms with E-state index in [1.165, 1.54) is 0 Å². The Hall–Kier alpha value is -4.63. The van der Waals surface area contributed by atoms with Crippen LogP contribution in [-0.4, -0.2) is 16.7 Å². The van der Waals surface area contributed by atoms with E-state index < -0.39 is 0 Å². The molecular weight excluding hydrogens is 436 g/mol. The van der Waals surface area contributed by atoms with Gasteiger partial charge in [-0.1, -0.05) is 48.5 Å². The molecule has 1 heterocycles. The molecule has 1 aromatic heterocycles. The Morgan fingerprint density at radius 2 is 1.74 bits per heavy atom. The Labute approximate surface area is 205 Å². The maximum atomic E-state index is 12.1. The monoisotopic (exact) mass is 462 g/mol. The van der Waals surface area contributed by atoms with Gasteiger partial charge in [-0.25, -0.2) is 5.43 Å². The molecule has 0 spiro atoms. The van der Waals surface area contributed by atoms with Crippen molar-refractivity contribution in [2.24, 2.45) is 5.10 Å². The van der Waals surface area contributed by atoms with Crippen LogP contribution < -0.4 is 10.2 Å². The summed E-state index contributed by atoms with van der Waals surface area (Å²) in [5.41, 5.74) is 9.01. The van der Waals surface area contributed by atoms with Gasteiger partial charge in [-0.3, -0.25) is 4.79 Å². The average molecular weight is 463 g/mol. The minimum Gasteiger partial charge on any atom is -0.489 e. The number of amides is 1. The third-order valence-corrected chi connectivity index (χ3v) is 5.70. The van der Waals surface area contributed by atoms with Crippen molar-refractivity contribution >= 4 is 12.1 Å². The molecule has 1 N–H and O–H groups in total. The third kappa shape index (κ3) is 5.84. The first-order valence-corrected chi connectivity index (χ1v) is 11.3. The van der Waals surface area contributed by atoms with Crippen LogP contribution in [0.3, 0.4) is 0 Å². The molecule has 4 rings (SSSR count). The third-order valence-electron chi connectivity index (χ3n) is 5.70. The van der Waals surface area contributed by atoms with E-state index in [-0.39, 0.29) is 12.3 Å². The van der Waals surface area contributed by atoms with Crippen LogP contribution in [0.2, 0.25) is 0 Å². The molecule has 0 bridgehead atoms. The van der Waals surface area contributed by atoms with Gasteiger partial charge in [0.15, 0.2) is 0 Å². The van der Waals surface area contributed by atoms with Crippen molar-refractivity contribution in [2.45, 2.75) is 26.9 Å². The second kappa shape index (κ2) is 11.0. The van der Waals surface area contributed by atoms with Crippen molar-refractivity contribution in [3.05, 3.63) is 119 Å². The Balaban J connectivity index is 1.40. The summed E-state index contributed by atoms with van der Waals surface area (Å²) in [6.07, 6.45) is 1.96. The number of hydrogen-bond donors (Lipinski definition) is 1. The van der Waals surface area contributed by atoms with Gasteiger partial charge in [0, 0.05) is 28.2 Å². The number of nitriles is 1. The lowest BCUT2D eigenvalue weighted by molar-refractivity contribution is -0.120. The van der Waals surface area contributed by atoms with E-state index in [2.05, 4.69) is 21.2 Å². The van der Waals surface area contributed by atoms with E-state index in [4.69, 9.17) is 4.74 Å². The Morgan fingerprint density at radius 1 is 1.03 bits per heavy atom. The number of carbonyl (C=O) groups excluding carboxylic acids is 1. The van der Waals surface area contributed by atoms with Gasteiger partial charge >= 0.3 is 0 Å². The predicted molar refractivity (Wildman–Crippen MR) is 137 cm³/mol. The molecule has 3 aromatic carbocycles. The number of aromatic nitrogens is 1. The van der Waals surface area contributed by atoms with Crippen LogP contribution in [0.1, 0.15) is 33.6 Å². The number of ether oxygens (including phenoxy) is 1. The number of nitrogens with zero attached hydrogens (tertiary/aromatic N) is 3. The summed E-state index contributed by atoms with van der Waals surface area (Å²) in [5.74, 6) is 0.570. The maximum Gasteiger partial charge on any atom is 0.244 e. The van der Waals surface area contributed by atoms with Crippen LogP contribution in [-0.2, 0) is 17.8 Å². The number of carbonyl (C=O) groups is 1. The SMILES string of the molecule is Cc1cc(/C=N/NC(=O)Cc2ccccc2)c(C)n1-c1ccc(OCc2ccccc2C#N)cc1. The summed E-state index contributed by atoms with van der Waals surface area (Å²) < 4.78 is 8.01. The van der Waals surface area contributed by atoms with Gasteiger partial charge in [0.25, 0.3) is 0 Å². The van der Waals surface area contributed by atoms with Crippen LogP contribution >= 0.6 is 0 Å². The second-order valence-electron chi connectivity index (χ2n) is 8.17. The van der Waals surface area contributed by atoms with Gasteiger partial charge in [0.1, 0.15) is 12.4 Å². The largest absolute Gasteiger partial charge is 0.489 e. The van der Waals surface area contributed by atoms with Gasteiger partial charge in [0.05, 0.1) is 24.3 Å². The molecule has 1 amide bonds. The van der Waals surface area contributed by atoms with Crippen LogP contribution in [0.5, 0.6) is 5.75 Å². The molecule has 4 aromatic rings. The highest BCUT2D eigenvalue weighted by atomic mass is 16.5. The van der Waals surface area contributed by atoms with Gasteiger partial charge in [-0.15, -0.1) is 0 Å². The van der Waals surface area contributed by atoms with Crippen molar-refractivity contribution in [1.29, 1.82) is 5.26 Å². The quantitative estimate of drug-likeness (QED) is 0.287. The standard InChI is InChI=1S/C29H26N4O2/c1-21-16-26(19-31-32-29(34)17-23-8-4-3-5-9-23)22(2)33(21)27-12-14-28(15-13-27)35-20-25-11-7-6-10-24(25)18-30/h3-16,19H,17,20H2,1-2H3,(H,32,34)/b31-19+. The fraction of sp³-hybridized carbons (Fsp3) is 0.138. The number of rotatable bonds is 8. The highest BCUT2D eigenvalue weighted by Crippen LogP contribution is 2.23. The summed E-state index contributed by atoms with van der Waals surface area (Å²) in [5, 5.41) is 13.4. The van der Waals surface area contributed by atoms with E-state index in [1.54, 1.807) is 12.3 Å². The molecule has 0 aliphatic heterocycles. The van der Waals surface area contributed by atoms with Crippen LogP contribution in [0.4, 0.5) is 0 Å². The van der Waals surface area contributed by atoms with Gasteiger partial charge in [0.2, 0.25) is 5.91 Å². The normalized spacial score (nSPS) is 10.8. The molecule has 0 radical (unpaired) electrons. The zero-order chi connectivity index (χ0) is 24.6. The van der Waals surface area contributed by atoms with Crippen molar-refractivity contribution in [1.82, 2.24) is 9.99 Å². The van der Waals surface area contributed by atoms with Crippen molar-refractivity contribution in [3.63, 3.8) is 0 Å². The lowest BCUT2D eigenvalue weighted by atomic mass is 10.1. The highest BCUT2D eigenvalue weighted by Gasteiger charge is 2.10. The minimum atomic E-state index is -0.158. The number of nitrogens with one attached hydrogen (secondary N) is 1. The fourth-order valence-corrected chi connectivity index (χ4v) is 3.92. The predicted octanol–water partition coefficient (Wildman–Crippen LogP) is 5.24. The summed E-state index contributed by atoms with van der Waals surface area (Å²) in [4.78, 5) is 12.1. The van der Waals surface area contributed by atoms with Gasteiger partial charge < -0.3 is 9.30 Å². The van der Waals surface area contributed by atoms with E-state index in [1.807, 2.05) is 92.7 Å². The summed E-state index contributed by atoms with van der Waals surface area (Å²) >= 11 is 0. The Morgan fingerprint density at radius 3 is 2.49 bits per heavy atom. The molecule has 0 aliphatic carbocycles. The molecule has 6 heteroatoms. The molecule has 0 unspecified atom stereocenters. The highest BCUT2D eigenvalue weighted by molar-refractivity contribution is 5.84. The lowest BCUT2D eigenvalue weighted by Crippen LogP contribution is -2.19. The number of hydrazone groups is 1. The van der Waals surface area contributed by atoms with Crippen molar-refractivity contribution in [3.8, 4) is 17.5 Å². The van der Waals surface area contributed by atoms with Crippen molar-refractivity contribution in [2.75, 3.05) is 0 Å². The van der Waals surface area contributed by atoms with Crippen LogP contribution in [0, 0.1) is 25.2 Å². The molecule has 35 heavy (non-hydrogen) atoms. The zero-order valence-corrected chi connectivity index (χ0v) is 19.7. The summed E-state index contributed by atoms with van der Waals surface area (Å²) in [7, 11) is 0. The maximum absolute atomic E-state index is 12.1. The van der Waals surface area contributed by atoms with Crippen molar-refractivity contribution < 1.29 is 9.53 Å². The van der Waals surface area contributed by atoms with E-state index in [9.17, 15) is 10.1 Å². The molecule has 0 saturated heterocycles. The topological polar surface area (TPSA) is 79.4 Å². The average Bonchev–Trinajstić information content (AvgIpc) is 3.16. The Bertz CT molecular complexity index is 1380. The number of benzene rings is 3. The molecule has 6 nitrogen and oxygen atoms in total. The number of aryl methyl sites for hydroxylation is 1. The number of hydrogen-bond acceptors (Lipinski definition) is 4. The first-order valence-electron chi connectivity index (χ1n) is 11.3. The minimum absolute atomic E-state index is 0.158. The molecule has 174 valence electrons. The fourth-order valence-electron chi connectivity index (χ4n) is 3.92. The zero-order valence-electron chi connectivity index (χ0n) is 19.7. The summed E-state index contributed by atoms with van der Waals surface area (Å²) in [6, 6.07) is 29.0. The van der Waals surface area contributed by atoms with E-state index in [0.29, 0.717) is 12.2 Å². The van der Waals surface area contributed by atoms with Crippen LogP contribution in [0.25, 0.3) is 5.69 Å². The molecule has 0 aliphatic rings. The Kier molecular flexibility index (Phi) is 7.39. The van der Waals surface area contributed by atoms with E-state index >= 15 is 0 Å². The second-order valence-corrected chi connectivity index (χ2v) is 8.17. The van der Waals surface area contributed by atoms with Gasteiger partial charge in [-0.05, 0) is 55.8 Å². The van der Waals surface area contributed by atoms with Gasteiger partial charge in [-0.2, -0.15) is 10.4 Å². The first-order chi connectivity index (χ1) is 17.0. The first kappa shape index (κ1) is 23.5. The van der Waals surface area contributed by atoms with Crippen LogP contribution in [0.15, 0.2) is 90.0 Å². The molecule has 0 atom stereocenters. The summed E-state index contributed by atoms with van der Waals surface area (Å²) in [6.45, 7) is 4.38. The lowest BCUT2D eigenvalue weighted by Gasteiger charge is -2.12. The smallest absolute Gasteiger partial charge is 0.244 e. The molecule has 0 fully saturated rings. The molecule has 0 saturated carbocycles. The van der Waals surface area contributed by atoms with E-state index in [0.717, 1.165) is 39.5 Å².